The minimum Gasteiger partial charge on any atom is -0.135 e. The van der Waals surface area contributed by atoms with Crippen LogP contribution in [0, 0.1) is 0 Å². The van der Waals surface area contributed by atoms with E-state index in [0.717, 1.165) is 5.57 Å². The van der Waals surface area contributed by atoms with Gasteiger partial charge in [-0.1, -0.05) is 73.3 Å². The normalized spacial score (nSPS) is 12.1. The lowest BCUT2D eigenvalue weighted by Crippen LogP contribution is -1.83. The van der Waals surface area contributed by atoms with Crippen LogP contribution in [0.1, 0.15) is 12.5 Å². The number of thiophene rings is 1. The van der Waals surface area contributed by atoms with E-state index in [1.807, 2.05) is 17.4 Å². The number of rotatable bonds is 3. The highest BCUT2D eigenvalue weighted by Crippen LogP contribution is 2.40. The lowest BCUT2D eigenvalue weighted by Gasteiger charge is -2.07. The molecule has 0 spiro atoms. The molecule has 0 aliphatic carbocycles. The summed E-state index contributed by atoms with van der Waals surface area (Å²) in [5.74, 6) is 0. The van der Waals surface area contributed by atoms with Crippen LogP contribution in [0.5, 0.6) is 0 Å². The molecule has 0 fully saturated rings. The monoisotopic (exact) mass is 376 g/mol. The smallest absolute Gasteiger partial charge is 0.0361 e. The zero-order valence-corrected chi connectivity index (χ0v) is 16.6. The molecular formula is C27H20S. The largest absolute Gasteiger partial charge is 0.135 e. The van der Waals surface area contributed by atoms with Crippen LogP contribution in [0.2, 0.25) is 0 Å². The predicted molar refractivity (Wildman–Crippen MR) is 126 cm³/mol. The fourth-order valence-electron chi connectivity index (χ4n) is 4.01. The lowest BCUT2D eigenvalue weighted by atomic mass is 9.97. The van der Waals surface area contributed by atoms with Gasteiger partial charge in [-0.15, -0.1) is 11.3 Å². The van der Waals surface area contributed by atoms with Gasteiger partial charge >= 0.3 is 0 Å². The molecule has 5 aromatic rings. The number of hydrogen-bond donors (Lipinski definition) is 0. The quantitative estimate of drug-likeness (QED) is 0.277. The first-order chi connectivity index (χ1) is 13.8. The zero-order valence-electron chi connectivity index (χ0n) is 15.8. The third-order valence-electron chi connectivity index (χ3n) is 5.42. The maximum atomic E-state index is 3.94. The Hall–Kier alpha value is -3.16. The highest BCUT2D eigenvalue weighted by molar-refractivity contribution is 7.26. The Morgan fingerprint density at radius 3 is 2.46 bits per heavy atom. The molecule has 0 nitrogen and oxygen atoms in total. The van der Waals surface area contributed by atoms with Crippen molar-refractivity contribution >= 4 is 47.9 Å². The summed E-state index contributed by atoms with van der Waals surface area (Å²) in [7, 11) is 0. The molecule has 4 aromatic carbocycles. The van der Waals surface area contributed by atoms with Gasteiger partial charge in [0.15, 0.2) is 0 Å². The van der Waals surface area contributed by atoms with Crippen LogP contribution < -0.4 is 0 Å². The van der Waals surface area contributed by atoms with Gasteiger partial charge < -0.3 is 0 Å². The van der Waals surface area contributed by atoms with Crippen LogP contribution in [0.4, 0.5) is 0 Å². The van der Waals surface area contributed by atoms with Crippen molar-refractivity contribution in [3.8, 4) is 11.1 Å². The van der Waals surface area contributed by atoms with E-state index in [1.165, 1.54) is 47.6 Å². The van der Waals surface area contributed by atoms with E-state index in [0.29, 0.717) is 0 Å². The van der Waals surface area contributed by atoms with E-state index in [2.05, 4.69) is 98.4 Å². The Morgan fingerprint density at radius 1 is 0.786 bits per heavy atom. The summed E-state index contributed by atoms with van der Waals surface area (Å²) < 4.78 is 2.69. The Morgan fingerprint density at radius 2 is 1.61 bits per heavy atom. The molecule has 28 heavy (non-hydrogen) atoms. The molecule has 0 atom stereocenters. The van der Waals surface area contributed by atoms with Crippen LogP contribution in [-0.2, 0) is 0 Å². The van der Waals surface area contributed by atoms with Crippen LogP contribution in [0.3, 0.4) is 0 Å². The number of fused-ring (bicyclic) bond motifs is 5. The van der Waals surface area contributed by atoms with Crippen molar-refractivity contribution < 1.29 is 0 Å². The first kappa shape index (κ1) is 17.0. The Balaban J connectivity index is 1.76. The van der Waals surface area contributed by atoms with Gasteiger partial charge in [0.25, 0.3) is 0 Å². The molecule has 5 rings (SSSR count). The van der Waals surface area contributed by atoms with Gasteiger partial charge in [0.05, 0.1) is 0 Å². The van der Waals surface area contributed by atoms with Crippen molar-refractivity contribution in [2.75, 3.05) is 0 Å². The van der Waals surface area contributed by atoms with E-state index in [9.17, 15) is 0 Å². The Kier molecular flexibility index (Phi) is 4.11. The van der Waals surface area contributed by atoms with Gasteiger partial charge in [0.1, 0.15) is 0 Å². The average Bonchev–Trinajstić information content (AvgIpc) is 3.13. The molecule has 0 amide bonds. The summed E-state index contributed by atoms with van der Waals surface area (Å²) in [5.41, 5.74) is 4.85. The summed E-state index contributed by atoms with van der Waals surface area (Å²) in [6.45, 7) is 5.99. The molecule has 1 heterocycles. The van der Waals surface area contributed by atoms with Crippen molar-refractivity contribution in [1.29, 1.82) is 0 Å². The molecule has 134 valence electrons. The maximum absolute atomic E-state index is 3.94. The molecular weight excluding hydrogens is 356 g/mol. The molecule has 0 saturated heterocycles. The topological polar surface area (TPSA) is 0 Å². The van der Waals surface area contributed by atoms with Gasteiger partial charge in [-0.25, -0.2) is 0 Å². The van der Waals surface area contributed by atoms with Crippen molar-refractivity contribution in [1.82, 2.24) is 0 Å². The van der Waals surface area contributed by atoms with Gasteiger partial charge in [-0.2, -0.15) is 0 Å². The SMILES string of the molecule is C=C/C(=C\C)c1cccc(-c2ccc3sc4ccc5ccccc5c4c3c2)c1. The molecule has 0 radical (unpaired) electrons. The molecule has 0 saturated carbocycles. The number of allylic oxidation sites excluding steroid dienone is 3. The van der Waals surface area contributed by atoms with E-state index in [-0.39, 0.29) is 0 Å². The van der Waals surface area contributed by atoms with E-state index < -0.39 is 0 Å². The molecule has 0 bridgehead atoms. The number of benzene rings is 4. The van der Waals surface area contributed by atoms with Crippen molar-refractivity contribution in [3.05, 3.63) is 103 Å². The minimum atomic E-state index is 1.16. The first-order valence-electron chi connectivity index (χ1n) is 9.52. The van der Waals surface area contributed by atoms with Crippen LogP contribution in [0.25, 0.3) is 47.6 Å². The van der Waals surface area contributed by atoms with Crippen molar-refractivity contribution in [2.24, 2.45) is 0 Å². The summed E-state index contributed by atoms with van der Waals surface area (Å²) in [5, 5.41) is 5.34. The zero-order chi connectivity index (χ0) is 19.1. The third-order valence-corrected chi connectivity index (χ3v) is 6.56. The molecule has 0 unspecified atom stereocenters. The van der Waals surface area contributed by atoms with Crippen molar-refractivity contribution in [2.45, 2.75) is 6.92 Å². The van der Waals surface area contributed by atoms with E-state index in [1.54, 1.807) is 0 Å². The number of hydrogen-bond acceptors (Lipinski definition) is 1. The molecule has 1 heteroatoms. The van der Waals surface area contributed by atoms with Crippen molar-refractivity contribution in [3.63, 3.8) is 0 Å². The first-order valence-corrected chi connectivity index (χ1v) is 10.3. The summed E-state index contributed by atoms with van der Waals surface area (Å²) >= 11 is 1.87. The molecule has 0 aliphatic rings. The van der Waals surface area contributed by atoms with Gasteiger partial charge in [0, 0.05) is 20.2 Å². The lowest BCUT2D eigenvalue weighted by molar-refractivity contribution is 1.58. The second-order valence-corrected chi connectivity index (χ2v) is 8.09. The standard InChI is InChI=1S/C27H20S/c1-3-18(4-2)20-9-7-10-21(16-20)22-13-14-25-24(17-22)27-23-11-6-5-8-19(23)12-15-26(27)28-25/h3-17H,1H2,2H3/b18-4+. The van der Waals surface area contributed by atoms with E-state index in [4.69, 9.17) is 0 Å². The fraction of sp³-hybridized carbons (Fsp3) is 0.0370. The highest BCUT2D eigenvalue weighted by Gasteiger charge is 2.10. The Labute approximate surface area is 169 Å². The molecule has 0 N–H and O–H groups in total. The van der Waals surface area contributed by atoms with Gasteiger partial charge in [-0.05, 0) is 64.2 Å². The van der Waals surface area contributed by atoms with Crippen LogP contribution >= 0.6 is 11.3 Å². The minimum absolute atomic E-state index is 1.16. The summed E-state index contributed by atoms with van der Waals surface area (Å²) in [6.07, 6.45) is 4.02. The maximum Gasteiger partial charge on any atom is 0.0361 e. The van der Waals surface area contributed by atoms with Gasteiger partial charge in [-0.3, -0.25) is 0 Å². The second-order valence-electron chi connectivity index (χ2n) is 7.00. The molecule has 1 aromatic heterocycles. The van der Waals surface area contributed by atoms with Crippen LogP contribution in [0.15, 0.2) is 97.6 Å². The predicted octanol–water partition coefficient (Wildman–Crippen LogP) is 8.46. The van der Waals surface area contributed by atoms with Gasteiger partial charge in [0.2, 0.25) is 0 Å². The average molecular weight is 377 g/mol. The third kappa shape index (κ3) is 2.67. The highest BCUT2D eigenvalue weighted by atomic mass is 32.1. The second kappa shape index (κ2) is 6.78. The summed E-state index contributed by atoms with van der Waals surface area (Å²) in [4.78, 5) is 0. The molecule has 0 aliphatic heterocycles. The Bertz CT molecular complexity index is 1380. The fourth-order valence-corrected chi connectivity index (χ4v) is 5.11. The summed E-state index contributed by atoms with van der Waals surface area (Å²) in [6, 6.07) is 28.7. The van der Waals surface area contributed by atoms with Crippen LogP contribution in [-0.4, -0.2) is 0 Å². The van der Waals surface area contributed by atoms with E-state index >= 15 is 0 Å².